The molecule has 1 aromatic carbocycles. The van der Waals surface area contributed by atoms with Crippen molar-refractivity contribution in [3.05, 3.63) is 18.2 Å². The Morgan fingerprint density at radius 3 is 2.40 bits per heavy atom. The molecule has 0 atom stereocenters. The quantitative estimate of drug-likeness (QED) is 0.701. The minimum Gasteiger partial charge on any atom is -0.497 e. The molecule has 9 heteroatoms. The van der Waals surface area contributed by atoms with Crippen molar-refractivity contribution in [3.63, 3.8) is 0 Å². The molecular weight excluding hydrogens is 364 g/mol. The highest BCUT2D eigenvalue weighted by Crippen LogP contribution is 2.31. The number of carbonyl (C=O) groups is 1. The van der Waals surface area contributed by atoms with Gasteiger partial charge in [-0.05, 0) is 18.4 Å². The topological polar surface area (TPSA) is 76.2 Å². The van der Waals surface area contributed by atoms with Gasteiger partial charge >= 0.3 is 0 Å². The Bertz CT molecular complexity index is 700. The number of nitrogens with zero attached hydrogens (tertiary/aromatic N) is 2. The van der Waals surface area contributed by atoms with E-state index in [2.05, 4.69) is 0 Å². The Morgan fingerprint density at radius 2 is 1.84 bits per heavy atom. The highest BCUT2D eigenvalue weighted by atomic mass is 32.2. The number of amides is 1. The molecule has 0 spiro atoms. The Hall–Kier alpha value is -1.45. The van der Waals surface area contributed by atoms with Crippen LogP contribution in [-0.4, -0.2) is 75.9 Å². The van der Waals surface area contributed by atoms with Gasteiger partial charge in [-0.3, -0.25) is 4.79 Å². The van der Waals surface area contributed by atoms with E-state index in [0.29, 0.717) is 25.3 Å². The Kier molecular flexibility index (Phi) is 6.97. The van der Waals surface area contributed by atoms with Crippen LogP contribution in [0.2, 0.25) is 0 Å². The van der Waals surface area contributed by atoms with E-state index in [0.717, 1.165) is 5.75 Å². The number of hydrogen-bond acceptors (Lipinski definition) is 6. The molecule has 2 rings (SSSR count). The smallest absolute Gasteiger partial charge is 0.247 e. The number of thioether (sulfide) groups is 1. The summed E-state index contributed by atoms with van der Waals surface area (Å²) in [6, 6.07) is 4.69. The van der Waals surface area contributed by atoms with Gasteiger partial charge in [-0.15, -0.1) is 0 Å². The van der Waals surface area contributed by atoms with E-state index in [1.54, 1.807) is 28.8 Å². The normalized spacial score (nSPS) is 15.9. The lowest BCUT2D eigenvalue weighted by Gasteiger charge is -2.34. The number of benzene rings is 1. The summed E-state index contributed by atoms with van der Waals surface area (Å²) in [6.07, 6.45) is 2.44. The van der Waals surface area contributed by atoms with E-state index in [1.165, 1.54) is 24.6 Å². The van der Waals surface area contributed by atoms with Gasteiger partial charge in [-0.2, -0.15) is 16.1 Å². The Morgan fingerprint density at radius 1 is 1.16 bits per heavy atom. The van der Waals surface area contributed by atoms with Crippen LogP contribution in [0.15, 0.2) is 23.1 Å². The zero-order valence-corrected chi connectivity index (χ0v) is 16.4. The van der Waals surface area contributed by atoms with Crippen molar-refractivity contribution in [1.82, 2.24) is 9.21 Å². The molecule has 140 valence electrons. The average Bonchev–Trinajstić information content (AvgIpc) is 2.65. The Balaban J connectivity index is 2.13. The molecule has 7 nitrogen and oxygen atoms in total. The average molecular weight is 389 g/mol. The van der Waals surface area contributed by atoms with Crippen molar-refractivity contribution in [3.8, 4) is 11.5 Å². The molecule has 1 aliphatic rings. The second-order valence-electron chi connectivity index (χ2n) is 5.54. The molecule has 1 aliphatic heterocycles. The zero-order chi connectivity index (χ0) is 18.4. The number of ether oxygens (including phenoxy) is 2. The first-order valence-corrected chi connectivity index (χ1v) is 10.8. The maximum Gasteiger partial charge on any atom is 0.247 e. The van der Waals surface area contributed by atoms with Crippen molar-refractivity contribution in [1.29, 1.82) is 0 Å². The predicted molar refractivity (Wildman–Crippen MR) is 97.9 cm³/mol. The third-order valence-corrected chi connectivity index (χ3v) is 6.63. The van der Waals surface area contributed by atoms with Gasteiger partial charge in [0.05, 0.1) is 14.2 Å². The van der Waals surface area contributed by atoms with Crippen molar-refractivity contribution in [2.45, 2.75) is 11.3 Å². The molecule has 1 fully saturated rings. The molecular formula is C16H24N2O5S2. The first-order chi connectivity index (χ1) is 11.9. The summed E-state index contributed by atoms with van der Waals surface area (Å²) >= 11 is 1.62. The lowest BCUT2D eigenvalue weighted by Crippen LogP contribution is -2.50. The molecule has 0 unspecified atom stereocenters. The Labute approximate surface area is 153 Å². The van der Waals surface area contributed by atoms with Gasteiger partial charge in [0.15, 0.2) is 0 Å². The molecule has 0 radical (unpaired) electrons. The fraction of sp³-hybridized carbons (Fsp3) is 0.562. The molecule has 1 saturated heterocycles. The largest absolute Gasteiger partial charge is 0.497 e. The SMILES string of the molecule is COc1ccc(OC)c(S(=O)(=O)N2CCN(C(=O)CCSC)CC2)c1. The molecule has 0 aliphatic carbocycles. The number of carbonyl (C=O) groups excluding carboxylic acids is 1. The zero-order valence-electron chi connectivity index (χ0n) is 14.7. The summed E-state index contributed by atoms with van der Waals surface area (Å²) < 4.78 is 37.7. The van der Waals surface area contributed by atoms with E-state index in [-0.39, 0.29) is 29.6 Å². The molecule has 0 N–H and O–H groups in total. The minimum absolute atomic E-state index is 0.0744. The number of piperazine rings is 1. The molecule has 1 amide bonds. The van der Waals surface area contributed by atoms with Gasteiger partial charge in [0, 0.05) is 44.4 Å². The summed E-state index contributed by atoms with van der Waals surface area (Å²) in [6.45, 7) is 1.35. The van der Waals surface area contributed by atoms with Crippen LogP contribution in [0.1, 0.15) is 6.42 Å². The van der Waals surface area contributed by atoms with Crippen molar-refractivity contribution >= 4 is 27.7 Å². The van der Waals surface area contributed by atoms with Gasteiger partial charge in [-0.1, -0.05) is 0 Å². The van der Waals surface area contributed by atoms with E-state index < -0.39 is 10.0 Å². The summed E-state index contributed by atoms with van der Waals surface area (Å²) in [5, 5.41) is 0. The molecule has 0 bridgehead atoms. The minimum atomic E-state index is -3.72. The first-order valence-electron chi connectivity index (χ1n) is 7.93. The van der Waals surface area contributed by atoms with E-state index in [1.807, 2.05) is 6.26 Å². The van der Waals surface area contributed by atoms with Crippen molar-refractivity contribution in [2.24, 2.45) is 0 Å². The first kappa shape index (κ1) is 19.9. The van der Waals surface area contributed by atoms with Gasteiger partial charge < -0.3 is 14.4 Å². The van der Waals surface area contributed by atoms with E-state index >= 15 is 0 Å². The van der Waals surface area contributed by atoms with E-state index in [4.69, 9.17) is 9.47 Å². The van der Waals surface area contributed by atoms with Crippen LogP contribution in [0, 0.1) is 0 Å². The van der Waals surface area contributed by atoms with Crippen LogP contribution >= 0.6 is 11.8 Å². The van der Waals surface area contributed by atoms with Crippen molar-refractivity contribution < 1.29 is 22.7 Å². The standard InChI is InChI=1S/C16H24N2O5S2/c1-22-13-4-5-14(23-2)15(12-13)25(20,21)18-9-7-17(8-10-18)16(19)6-11-24-3/h4-5,12H,6-11H2,1-3H3. The second kappa shape index (κ2) is 8.77. The molecule has 1 aromatic rings. The monoisotopic (exact) mass is 388 g/mol. The van der Waals surface area contributed by atoms with Crippen LogP contribution < -0.4 is 9.47 Å². The maximum atomic E-state index is 13.0. The lowest BCUT2D eigenvalue weighted by atomic mass is 10.3. The van der Waals surface area contributed by atoms with Gasteiger partial charge in [0.25, 0.3) is 0 Å². The number of methoxy groups -OCH3 is 2. The molecule has 1 heterocycles. The predicted octanol–water partition coefficient (Wildman–Crippen LogP) is 1.29. The summed E-state index contributed by atoms with van der Waals surface area (Å²) in [7, 11) is -0.800. The van der Waals surface area contributed by atoms with Crippen LogP contribution in [0.3, 0.4) is 0 Å². The van der Waals surface area contributed by atoms with Crippen LogP contribution in [-0.2, 0) is 14.8 Å². The molecule has 0 saturated carbocycles. The van der Waals surface area contributed by atoms with Crippen LogP contribution in [0.25, 0.3) is 0 Å². The van der Waals surface area contributed by atoms with Crippen LogP contribution in [0.4, 0.5) is 0 Å². The van der Waals surface area contributed by atoms with Gasteiger partial charge in [0.1, 0.15) is 16.4 Å². The third-order valence-electron chi connectivity index (χ3n) is 4.10. The highest BCUT2D eigenvalue weighted by Gasteiger charge is 2.32. The number of sulfonamides is 1. The maximum absolute atomic E-state index is 13.0. The fourth-order valence-corrected chi connectivity index (χ4v) is 4.62. The van der Waals surface area contributed by atoms with Crippen LogP contribution in [0.5, 0.6) is 11.5 Å². The summed E-state index contributed by atoms with van der Waals surface area (Å²) in [5.74, 6) is 1.58. The number of hydrogen-bond donors (Lipinski definition) is 0. The van der Waals surface area contributed by atoms with Gasteiger partial charge in [0.2, 0.25) is 15.9 Å². The summed E-state index contributed by atoms with van der Waals surface area (Å²) in [4.78, 5) is 13.9. The summed E-state index contributed by atoms with van der Waals surface area (Å²) in [5.41, 5.74) is 0. The molecule has 0 aromatic heterocycles. The van der Waals surface area contributed by atoms with Gasteiger partial charge in [-0.25, -0.2) is 8.42 Å². The van der Waals surface area contributed by atoms with Crippen molar-refractivity contribution in [2.75, 3.05) is 52.4 Å². The lowest BCUT2D eigenvalue weighted by molar-refractivity contribution is -0.131. The second-order valence-corrected chi connectivity index (χ2v) is 8.44. The fourth-order valence-electron chi connectivity index (χ4n) is 2.65. The highest BCUT2D eigenvalue weighted by molar-refractivity contribution is 7.98. The number of rotatable bonds is 7. The third kappa shape index (κ3) is 4.59. The van der Waals surface area contributed by atoms with E-state index in [9.17, 15) is 13.2 Å². The molecule has 25 heavy (non-hydrogen) atoms.